The standard InChI is InChI=1S/C26H32N2O3/c1-18(24(29)27-16-19-13-14-19)22-15-26(22,2)23(21-11-7-4-8-12-21)28-25(30)31-17-20-9-5-3-6-10-20/h3-12,18-19,22-23H,13-17H2,1-2H3,(H,27,29)(H,28,30)/t18?,22?,23?,26-/m1/s1. The van der Waals surface area contributed by atoms with E-state index in [1.807, 2.05) is 67.6 Å². The number of rotatable bonds is 9. The molecule has 5 nitrogen and oxygen atoms in total. The van der Waals surface area contributed by atoms with Gasteiger partial charge < -0.3 is 15.4 Å². The molecule has 4 rings (SSSR count). The van der Waals surface area contributed by atoms with Gasteiger partial charge in [0, 0.05) is 12.5 Å². The average molecular weight is 421 g/mol. The van der Waals surface area contributed by atoms with Crippen LogP contribution >= 0.6 is 0 Å². The molecule has 4 atom stereocenters. The Kier molecular flexibility index (Phi) is 6.30. The molecule has 2 fully saturated rings. The van der Waals surface area contributed by atoms with Gasteiger partial charge in [0.1, 0.15) is 6.61 Å². The van der Waals surface area contributed by atoms with Crippen LogP contribution in [0.25, 0.3) is 0 Å². The third-order valence-electron chi connectivity index (χ3n) is 6.89. The molecule has 2 saturated carbocycles. The van der Waals surface area contributed by atoms with E-state index < -0.39 is 6.09 Å². The monoisotopic (exact) mass is 420 g/mol. The van der Waals surface area contributed by atoms with Crippen LogP contribution in [-0.2, 0) is 16.1 Å². The number of nitrogens with one attached hydrogen (secondary N) is 2. The Morgan fingerprint density at radius 1 is 1.06 bits per heavy atom. The van der Waals surface area contributed by atoms with Gasteiger partial charge in [-0.3, -0.25) is 4.79 Å². The van der Waals surface area contributed by atoms with Crippen LogP contribution in [0.3, 0.4) is 0 Å². The first-order chi connectivity index (χ1) is 15.0. The molecule has 0 heterocycles. The highest BCUT2D eigenvalue weighted by atomic mass is 16.5. The van der Waals surface area contributed by atoms with Gasteiger partial charge in [-0.1, -0.05) is 74.5 Å². The van der Waals surface area contributed by atoms with Crippen molar-refractivity contribution in [2.75, 3.05) is 6.54 Å². The lowest BCUT2D eigenvalue weighted by Crippen LogP contribution is -2.37. The van der Waals surface area contributed by atoms with Crippen LogP contribution in [-0.4, -0.2) is 18.5 Å². The molecule has 0 aromatic heterocycles. The van der Waals surface area contributed by atoms with Crippen LogP contribution in [0.2, 0.25) is 0 Å². The van der Waals surface area contributed by atoms with Crippen molar-refractivity contribution < 1.29 is 14.3 Å². The Labute approximate surface area is 184 Å². The number of hydrogen-bond acceptors (Lipinski definition) is 3. The van der Waals surface area contributed by atoms with E-state index in [2.05, 4.69) is 17.6 Å². The zero-order valence-electron chi connectivity index (χ0n) is 18.3. The van der Waals surface area contributed by atoms with Crippen molar-refractivity contribution in [1.82, 2.24) is 10.6 Å². The second-order valence-corrected chi connectivity index (χ2v) is 9.34. The summed E-state index contributed by atoms with van der Waals surface area (Å²) in [5, 5.41) is 6.21. The molecular formula is C26H32N2O3. The van der Waals surface area contributed by atoms with Gasteiger partial charge in [0.15, 0.2) is 0 Å². The Hall–Kier alpha value is -2.82. The minimum atomic E-state index is -0.435. The van der Waals surface area contributed by atoms with Gasteiger partial charge in [-0.2, -0.15) is 0 Å². The highest BCUT2D eigenvalue weighted by Gasteiger charge is 2.59. The minimum Gasteiger partial charge on any atom is -0.445 e. The predicted octanol–water partition coefficient (Wildman–Crippen LogP) is 4.84. The fraction of sp³-hybridized carbons (Fsp3) is 0.462. The van der Waals surface area contributed by atoms with Crippen molar-refractivity contribution in [2.24, 2.45) is 23.2 Å². The fourth-order valence-corrected chi connectivity index (χ4v) is 4.56. The normalized spacial score (nSPS) is 24.0. The van der Waals surface area contributed by atoms with Crippen molar-refractivity contribution in [1.29, 1.82) is 0 Å². The van der Waals surface area contributed by atoms with E-state index in [4.69, 9.17) is 4.74 Å². The number of carbonyl (C=O) groups excluding carboxylic acids is 2. The molecule has 164 valence electrons. The maximum absolute atomic E-state index is 12.7. The molecule has 0 radical (unpaired) electrons. The quantitative estimate of drug-likeness (QED) is 0.610. The van der Waals surface area contributed by atoms with E-state index >= 15 is 0 Å². The maximum atomic E-state index is 12.7. The third-order valence-corrected chi connectivity index (χ3v) is 6.89. The molecule has 0 aliphatic heterocycles. The molecule has 0 spiro atoms. The maximum Gasteiger partial charge on any atom is 0.407 e. The highest BCUT2D eigenvalue weighted by Crippen LogP contribution is 2.63. The van der Waals surface area contributed by atoms with E-state index in [1.165, 1.54) is 12.8 Å². The van der Waals surface area contributed by atoms with Gasteiger partial charge in [-0.05, 0) is 47.6 Å². The summed E-state index contributed by atoms with van der Waals surface area (Å²) in [5.41, 5.74) is 1.80. The predicted molar refractivity (Wildman–Crippen MR) is 120 cm³/mol. The van der Waals surface area contributed by atoms with Crippen molar-refractivity contribution in [3.05, 3.63) is 71.8 Å². The van der Waals surface area contributed by atoms with Crippen LogP contribution in [0.15, 0.2) is 60.7 Å². The van der Waals surface area contributed by atoms with Crippen LogP contribution in [0.4, 0.5) is 4.79 Å². The molecule has 2 N–H and O–H groups in total. The molecule has 3 unspecified atom stereocenters. The molecule has 2 aromatic rings. The SMILES string of the molecule is CC(C(=O)NCC1CC1)C1C[C@@]1(C)C(NC(=O)OCc1ccccc1)c1ccccc1. The Balaban J connectivity index is 1.41. The lowest BCUT2D eigenvalue weighted by Gasteiger charge is -2.28. The van der Waals surface area contributed by atoms with Gasteiger partial charge in [0.2, 0.25) is 5.91 Å². The minimum absolute atomic E-state index is 0.0860. The average Bonchev–Trinajstić information content (AvgIpc) is 3.72. The molecule has 2 aliphatic rings. The lowest BCUT2D eigenvalue weighted by molar-refractivity contribution is -0.125. The van der Waals surface area contributed by atoms with E-state index in [0.717, 1.165) is 24.1 Å². The van der Waals surface area contributed by atoms with E-state index in [0.29, 0.717) is 5.92 Å². The number of hydrogen-bond donors (Lipinski definition) is 2. The van der Waals surface area contributed by atoms with Crippen molar-refractivity contribution in [3.63, 3.8) is 0 Å². The summed E-state index contributed by atoms with van der Waals surface area (Å²) in [6.45, 7) is 5.19. The van der Waals surface area contributed by atoms with Crippen molar-refractivity contribution >= 4 is 12.0 Å². The smallest absolute Gasteiger partial charge is 0.407 e. The first-order valence-electron chi connectivity index (χ1n) is 11.3. The topological polar surface area (TPSA) is 67.4 Å². The van der Waals surface area contributed by atoms with Crippen LogP contribution in [0.5, 0.6) is 0 Å². The summed E-state index contributed by atoms with van der Waals surface area (Å²) in [6.07, 6.45) is 2.90. The molecule has 2 aromatic carbocycles. The number of ether oxygens (including phenoxy) is 1. The molecule has 2 amide bonds. The summed E-state index contributed by atoms with van der Waals surface area (Å²) < 4.78 is 5.49. The molecule has 2 aliphatic carbocycles. The van der Waals surface area contributed by atoms with E-state index in [9.17, 15) is 9.59 Å². The zero-order valence-corrected chi connectivity index (χ0v) is 18.3. The number of amides is 2. The fourth-order valence-electron chi connectivity index (χ4n) is 4.56. The van der Waals surface area contributed by atoms with Crippen molar-refractivity contribution in [2.45, 2.75) is 45.8 Å². The molecule has 0 saturated heterocycles. The second kappa shape index (κ2) is 9.13. The summed E-state index contributed by atoms with van der Waals surface area (Å²) in [5.74, 6) is 0.919. The van der Waals surface area contributed by atoms with E-state index in [1.54, 1.807) is 0 Å². The molecule has 31 heavy (non-hydrogen) atoms. The first-order valence-corrected chi connectivity index (χ1v) is 11.3. The van der Waals surface area contributed by atoms with Crippen LogP contribution < -0.4 is 10.6 Å². The molecular weight excluding hydrogens is 388 g/mol. The highest BCUT2D eigenvalue weighted by molar-refractivity contribution is 5.79. The molecule has 5 heteroatoms. The Morgan fingerprint density at radius 3 is 2.35 bits per heavy atom. The van der Waals surface area contributed by atoms with Gasteiger partial charge >= 0.3 is 6.09 Å². The van der Waals surface area contributed by atoms with Crippen LogP contribution in [0, 0.1) is 23.2 Å². The molecule has 0 bridgehead atoms. The van der Waals surface area contributed by atoms with Gasteiger partial charge in [-0.15, -0.1) is 0 Å². The van der Waals surface area contributed by atoms with Gasteiger partial charge in [0.05, 0.1) is 6.04 Å². The third kappa shape index (κ3) is 5.27. The van der Waals surface area contributed by atoms with Gasteiger partial charge in [-0.25, -0.2) is 4.79 Å². The van der Waals surface area contributed by atoms with Gasteiger partial charge in [0.25, 0.3) is 0 Å². The second-order valence-electron chi connectivity index (χ2n) is 9.34. The summed E-state index contributed by atoms with van der Waals surface area (Å²) >= 11 is 0. The first kappa shape index (κ1) is 21.4. The Bertz CT molecular complexity index is 897. The number of benzene rings is 2. The summed E-state index contributed by atoms with van der Waals surface area (Å²) in [6, 6.07) is 19.4. The lowest BCUT2D eigenvalue weighted by atomic mass is 9.86. The number of carbonyl (C=O) groups is 2. The summed E-state index contributed by atoms with van der Waals surface area (Å²) in [7, 11) is 0. The van der Waals surface area contributed by atoms with E-state index in [-0.39, 0.29) is 35.8 Å². The number of alkyl carbamates (subject to hydrolysis) is 1. The zero-order chi connectivity index (χ0) is 21.8. The Morgan fingerprint density at radius 2 is 1.71 bits per heavy atom. The van der Waals surface area contributed by atoms with Crippen molar-refractivity contribution in [3.8, 4) is 0 Å². The van der Waals surface area contributed by atoms with Crippen LogP contribution in [0.1, 0.15) is 50.3 Å². The largest absolute Gasteiger partial charge is 0.445 e. The summed E-state index contributed by atoms with van der Waals surface area (Å²) in [4.78, 5) is 25.3.